The molecule has 96 heavy (non-hydrogen) atoms. The van der Waals surface area contributed by atoms with Gasteiger partial charge in [-0.3, -0.25) is 28.9 Å². The molecule has 0 spiro atoms. The summed E-state index contributed by atoms with van der Waals surface area (Å²) in [5.41, 5.74) is 1.30. The number of carbonyl (C=O) groups excluding carboxylic acids is 5. The van der Waals surface area contributed by atoms with E-state index in [4.69, 9.17) is 18.9 Å². The average Bonchev–Trinajstić information content (AvgIpc) is 0.797. The number of anilines is 1. The average molecular weight is 1350 g/mol. The monoisotopic (exact) mass is 1350 g/mol. The Kier molecular flexibility index (Phi) is 32.9. The second-order valence-electron chi connectivity index (χ2n) is 26.8. The summed E-state index contributed by atoms with van der Waals surface area (Å²) in [6.07, 6.45) is 2.65. The molecule has 5 aliphatic heterocycles. The first-order valence-corrected chi connectivity index (χ1v) is 33.9. The molecule has 4 saturated heterocycles. The minimum absolute atomic E-state index is 0.0306. The number of esters is 1. The van der Waals surface area contributed by atoms with Crippen LogP contribution in [0.5, 0.6) is 0 Å². The third kappa shape index (κ3) is 26.5. The van der Waals surface area contributed by atoms with E-state index in [2.05, 4.69) is 20.4 Å². The highest BCUT2D eigenvalue weighted by Gasteiger charge is 2.52. The fourth-order valence-corrected chi connectivity index (χ4v) is 12.9. The number of rotatable bonds is 14. The van der Waals surface area contributed by atoms with E-state index in [1.807, 2.05) is 38.9 Å². The molecule has 12 N–H and O–H groups in total. The Morgan fingerprint density at radius 1 is 0.667 bits per heavy atom. The van der Waals surface area contributed by atoms with Gasteiger partial charge in [0.2, 0.25) is 11.8 Å². The number of aliphatic hydroxyl groups is 10. The van der Waals surface area contributed by atoms with Crippen molar-refractivity contribution in [2.75, 3.05) is 85.4 Å². The van der Waals surface area contributed by atoms with Crippen molar-refractivity contribution in [2.24, 2.45) is 17.8 Å². The van der Waals surface area contributed by atoms with Crippen molar-refractivity contribution in [3.05, 3.63) is 115 Å². The molecule has 5 heterocycles. The van der Waals surface area contributed by atoms with Crippen LogP contribution in [-0.2, 0) is 38.1 Å². The summed E-state index contributed by atoms with van der Waals surface area (Å²) in [4.78, 5) is 75.4. The molecule has 5 aliphatic rings. The predicted molar refractivity (Wildman–Crippen MR) is 359 cm³/mol. The number of aliphatic hydroxyl groups excluding tert-OH is 9. The molecule has 0 radical (unpaired) electrons. The van der Waals surface area contributed by atoms with Crippen molar-refractivity contribution in [2.45, 2.75) is 195 Å². The van der Waals surface area contributed by atoms with Gasteiger partial charge >= 0.3 is 5.97 Å². The molecule has 0 aliphatic carbocycles. The third-order valence-electron chi connectivity index (χ3n) is 18.4. The van der Waals surface area contributed by atoms with Crippen LogP contribution < -0.4 is 10.6 Å². The van der Waals surface area contributed by atoms with Crippen LogP contribution in [0.3, 0.4) is 0 Å². The van der Waals surface area contributed by atoms with Crippen LogP contribution in [0.15, 0.2) is 109 Å². The fourth-order valence-electron chi connectivity index (χ4n) is 12.9. The smallest absolute Gasteiger partial charge is 0.308 e. The van der Waals surface area contributed by atoms with Gasteiger partial charge in [-0.2, -0.15) is 0 Å². The van der Waals surface area contributed by atoms with Gasteiger partial charge in [0.15, 0.2) is 17.9 Å². The maximum atomic E-state index is 14.6. The molecule has 2 bridgehead atoms. The van der Waals surface area contributed by atoms with Crippen LogP contribution in [-0.4, -0.2) is 278 Å². The van der Waals surface area contributed by atoms with Crippen molar-refractivity contribution >= 4 is 35.0 Å². The number of ketones is 2. The molecule has 2 amide bonds. The molecule has 4 fully saturated rings. The molecule has 19 atom stereocenters. The Bertz CT molecular complexity index is 2800. The summed E-state index contributed by atoms with van der Waals surface area (Å²) >= 11 is 0. The molecule has 25 heteroatoms. The maximum Gasteiger partial charge on any atom is 0.308 e. The minimum atomic E-state index is -2.31. The van der Waals surface area contributed by atoms with Gasteiger partial charge in [-0.1, -0.05) is 98.9 Å². The van der Waals surface area contributed by atoms with E-state index >= 15 is 0 Å². The molecule has 0 saturated carbocycles. The van der Waals surface area contributed by atoms with E-state index in [9.17, 15) is 75.0 Å². The van der Waals surface area contributed by atoms with Gasteiger partial charge in [0.05, 0.1) is 86.0 Å². The molecule has 1 aromatic rings. The van der Waals surface area contributed by atoms with Crippen LogP contribution in [0.25, 0.3) is 0 Å². The van der Waals surface area contributed by atoms with Crippen LogP contribution in [0.1, 0.15) is 108 Å². The quantitative estimate of drug-likeness (QED) is 0.0934. The normalized spacial score (nSPS) is 33.9. The van der Waals surface area contributed by atoms with E-state index in [-0.39, 0.29) is 56.3 Å². The number of hydrogen-bond donors (Lipinski definition) is 12. The first-order chi connectivity index (χ1) is 45.7. The number of carbonyl (C=O) groups is 5. The molecule has 536 valence electrons. The summed E-state index contributed by atoms with van der Waals surface area (Å²) < 4.78 is 25.0. The van der Waals surface area contributed by atoms with Crippen LogP contribution >= 0.6 is 0 Å². The molecule has 6 rings (SSSR count). The number of allylic oxidation sites excluding steroid dienone is 12. The lowest BCUT2D eigenvalue weighted by molar-refractivity contribution is -0.308. The number of benzene rings is 1. The number of Topliss-reactive ketones (excluding diaryl/α,β-unsaturated/α-hetero) is 2. The molecular formula is C71H108N6O19. The Morgan fingerprint density at radius 2 is 1.22 bits per heavy atom. The van der Waals surface area contributed by atoms with E-state index in [1.165, 1.54) is 0 Å². The Morgan fingerprint density at radius 3 is 1.82 bits per heavy atom. The van der Waals surface area contributed by atoms with Gasteiger partial charge in [0.1, 0.15) is 24.1 Å². The second-order valence-corrected chi connectivity index (χ2v) is 26.8. The number of nitrogens with one attached hydrogen (secondary N) is 2. The first kappa shape index (κ1) is 79.3. The van der Waals surface area contributed by atoms with Crippen LogP contribution in [0.4, 0.5) is 5.69 Å². The van der Waals surface area contributed by atoms with Crippen LogP contribution in [0, 0.1) is 17.8 Å². The summed E-state index contributed by atoms with van der Waals surface area (Å²) in [6.45, 7) is 9.93. The second kappa shape index (κ2) is 39.8. The third-order valence-corrected chi connectivity index (χ3v) is 18.4. The van der Waals surface area contributed by atoms with Crippen molar-refractivity contribution in [1.82, 2.24) is 24.9 Å². The lowest BCUT2D eigenvalue weighted by Crippen LogP contribution is -2.65. The molecule has 14 unspecified atom stereocenters. The van der Waals surface area contributed by atoms with Crippen molar-refractivity contribution in [3.63, 3.8) is 0 Å². The Hall–Kier alpha value is -5.69. The van der Waals surface area contributed by atoms with Gasteiger partial charge in [-0.25, -0.2) is 0 Å². The van der Waals surface area contributed by atoms with E-state index in [0.29, 0.717) is 51.3 Å². The Labute approximate surface area is 565 Å². The van der Waals surface area contributed by atoms with Gasteiger partial charge in [0, 0.05) is 115 Å². The minimum Gasteiger partial charge on any atom is -0.461 e. The van der Waals surface area contributed by atoms with Gasteiger partial charge in [-0.15, -0.1) is 0 Å². The lowest BCUT2D eigenvalue weighted by Gasteiger charge is -2.47. The lowest BCUT2D eigenvalue weighted by atomic mass is 9.81. The van der Waals surface area contributed by atoms with Crippen LogP contribution in [0.2, 0.25) is 0 Å². The van der Waals surface area contributed by atoms with Gasteiger partial charge in [-0.05, 0) is 83.3 Å². The largest absolute Gasteiger partial charge is 0.461 e. The summed E-state index contributed by atoms with van der Waals surface area (Å²) in [5.74, 6) is -6.79. The van der Waals surface area contributed by atoms with E-state index in [0.717, 1.165) is 18.8 Å². The molecule has 25 nitrogen and oxygen atoms in total. The highest BCUT2D eigenvalue weighted by molar-refractivity contribution is 5.96. The zero-order chi connectivity index (χ0) is 70.1. The SMILES string of the molecule is CNc1ccc(C(=O)CC(O)CCC(C)C2OC(=O)CC(O)CC(=O)CC(O)CC(O)CC(O)CC(O)CC3(O)CC(O)C(C(=O)N4CCN(C)CC4)C(CC(O[C@@H]4O[C@H](C)[C@@H](O)[C@H](NC(=O)CN5CCN(C)CC5)[C@@H]4O)C=CC=CC=CC=CC=CC=CC=CC2C)O3)cc1. The van der Waals surface area contributed by atoms with Crippen molar-refractivity contribution in [3.8, 4) is 0 Å². The van der Waals surface area contributed by atoms with E-state index < -0.39 is 165 Å². The number of nitrogens with zero attached hydrogens (tertiary/aromatic N) is 4. The first-order valence-electron chi connectivity index (χ1n) is 33.9. The number of likely N-dealkylation sites (N-methyl/N-ethyl adjacent to an activating group) is 2. The Balaban J connectivity index is 1.22. The van der Waals surface area contributed by atoms with Crippen molar-refractivity contribution < 1.29 is 94.0 Å². The van der Waals surface area contributed by atoms with E-state index in [1.54, 1.807) is 122 Å². The number of cyclic esters (lactones) is 1. The number of piperazine rings is 2. The zero-order valence-corrected chi connectivity index (χ0v) is 56.6. The highest BCUT2D eigenvalue weighted by Crippen LogP contribution is 2.39. The highest BCUT2D eigenvalue weighted by atomic mass is 16.7. The fraction of sp³-hybridized carbons (Fsp3) is 0.648. The summed E-state index contributed by atoms with van der Waals surface area (Å²) in [7, 11) is 5.69. The van der Waals surface area contributed by atoms with Crippen molar-refractivity contribution in [1.29, 1.82) is 0 Å². The summed E-state index contributed by atoms with van der Waals surface area (Å²) in [5, 5.41) is 120. The zero-order valence-electron chi connectivity index (χ0n) is 56.6. The number of hydrogen-bond acceptors (Lipinski definition) is 23. The number of ether oxygens (including phenoxy) is 4. The number of fused-ring (bicyclic) bond motifs is 2. The standard InChI is InChI=1S/C71H108N6O19/c1-46-19-17-15-13-11-9-7-8-10-12-14-16-18-20-58(94-70-67(90)65(66(89)48(3)93-70)73-62(87)45-76-31-27-74(5)28-32-76)42-61-64(69(91)77-33-29-75(6)30-34-77)60(86)44-71(92,96-61)43-57(84)39-55(82)37-53(80)35-52(79)36-54(81)38-56(83)41-63(88)95-68(46)47(2)21-26-51(78)40-59(85)49-22-24-50(72-4)25-23-49/h7-20,22-25,46-48,51-53,55-58,60-61,64-68,70,72,78-80,82-84,86,89-90,92H,21,26-45H2,1-6H3,(H,73,87)/t46?,47?,48-,51?,52?,53?,55?,56?,57?,58?,60?,61?,64?,65+,66-,67+,68?,70+,71?/m1/s1. The molecule has 0 aromatic heterocycles. The van der Waals surface area contributed by atoms with Gasteiger partial charge < -0.3 is 95.3 Å². The molecule has 1 aromatic carbocycles. The topological polar surface area (TPSA) is 362 Å². The number of amides is 2. The summed E-state index contributed by atoms with van der Waals surface area (Å²) in [6, 6.07) is 5.70. The molecular weight excluding hydrogens is 1240 g/mol. The predicted octanol–water partition coefficient (Wildman–Crippen LogP) is 1.84. The maximum absolute atomic E-state index is 14.6. The van der Waals surface area contributed by atoms with Gasteiger partial charge in [0.25, 0.3) is 0 Å².